The van der Waals surface area contributed by atoms with Crippen LogP contribution in [0.25, 0.3) is 0 Å². The van der Waals surface area contributed by atoms with Gasteiger partial charge in [-0.25, -0.2) is 0 Å². The van der Waals surface area contributed by atoms with Gasteiger partial charge < -0.3 is 14.2 Å². The molecule has 0 amide bonds. The molecule has 1 fully saturated rings. The Morgan fingerprint density at radius 2 is 1.25 bits per heavy atom. The standard InChI is InChI=1S/C15H22O5/c1-8(16)18-13-10-6-7-11(14(13)19-9(2)17)12(10)20-15(3,4)5/h6-7,10-14H,1-5H3. The van der Waals surface area contributed by atoms with Gasteiger partial charge in [0.25, 0.3) is 0 Å². The Hall–Kier alpha value is -1.36. The molecule has 0 radical (unpaired) electrons. The van der Waals surface area contributed by atoms with E-state index in [2.05, 4.69) is 0 Å². The van der Waals surface area contributed by atoms with Crippen molar-refractivity contribution < 1.29 is 23.8 Å². The molecule has 2 rings (SSSR count). The largest absolute Gasteiger partial charge is 0.458 e. The lowest BCUT2D eigenvalue weighted by Crippen LogP contribution is -2.37. The lowest BCUT2D eigenvalue weighted by Gasteiger charge is -2.28. The molecule has 1 saturated carbocycles. The van der Waals surface area contributed by atoms with Crippen LogP contribution in [0.1, 0.15) is 34.6 Å². The fraction of sp³-hybridized carbons (Fsp3) is 0.733. The minimum atomic E-state index is -0.459. The molecule has 2 aliphatic carbocycles. The van der Waals surface area contributed by atoms with E-state index in [1.54, 1.807) is 0 Å². The number of carbonyl (C=O) groups is 2. The number of ether oxygens (including phenoxy) is 3. The van der Waals surface area contributed by atoms with Gasteiger partial charge in [-0.05, 0) is 20.8 Å². The van der Waals surface area contributed by atoms with Gasteiger partial charge in [0.15, 0.2) is 0 Å². The second-order valence-electron chi connectivity index (χ2n) is 6.38. The zero-order valence-corrected chi connectivity index (χ0v) is 12.6. The minimum absolute atomic E-state index is 0.0625. The molecule has 0 saturated heterocycles. The first-order valence-corrected chi connectivity index (χ1v) is 6.89. The van der Waals surface area contributed by atoms with Crippen LogP contribution in [0, 0.1) is 11.8 Å². The number of esters is 2. The van der Waals surface area contributed by atoms with E-state index in [0.29, 0.717) is 0 Å². The Kier molecular flexibility index (Phi) is 3.91. The topological polar surface area (TPSA) is 61.8 Å². The van der Waals surface area contributed by atoms with Crippen LogP contribution < -0.4 is 0 Å². The van der Waals surface area contributed by atoms with Crippen LogP contribution in [0.5, 0.6) is 0 Å². The monoisotopic (exact) mass is 282 g/mol. The van der Waals surface area contributed by atoms with Gasteiger partial charge in [-0.2, -0.15) is 0 Å². The summed E-state index contributed by atoms with van der Waals surface area (Å²) >= 11 is 0. The van der Waals surface area contributed by atoms with Gasteiger partial charge in [-0.3, -0.25) is 9.59 Å². The highest BCUT2D eigenvalue weighted by molar-refractivity contribution is 5.67. The molecule has 0 heterocycles. The first-order valence-electron chi connectivity index (χ1n) is 6.89. The molecule has 0 aromatic rings. The van der Waals surface area contributed by atoms with Crippen LogP contribution >= 0.6 is 0 Å². The van der Waals surface area contributed by atoms with Gasteiger partial charge in [0.1, 0.15) is 12.2 Å². The summed E-state index contributed by atoms with van der Waals surface area (Å²) in [5.41, 5.74) is -0.306. The van der Waals surface area contributed by atoms with E-state index < -0.39 is 12.2 Å². The fourth-order valence-corrected chi connectivity index (χ4v) is 3.00. The minimum Gasteiger partial charge on any atom is -0.458 e. The van der Waals surface area contributed by atoms with Gasteiger partial charge >= 0.3 is 11.9 Å². The summed E-state index contributed by atoms with van der Waals surface area (Å²) in [5, 5.41) is 0. The molecule has 4 unspecified atom stereocenters. The molecule has 0 aliphatic heterocycles. The molecule has 20 heavy (non-hydrogen) atoms. The van der Waals surface area contributed by atoms with Crippen molar-refractivity contribution in [3.63, 3.8) is 0 Å². The van der Waals surface area contributed by atoms with Gasteiger partial charge in [0, 0.05) is 25.7 Å². The van der Waals surface area contributed by atoms with Crippen molar-refractivity contribution in [1.29, 1.82) is 0 Å². The van der Waals surface area contributed by atoms with Crippen LogP contribution in [-0.4, -0.2) is 35.9 Å². The average molecular weight is 282 g/mol. The molecule has 2 aliphatic rings. The van der Waals surface area contributed by atoms with Crippen LogP contribution in [-0.2, 0) is 23.8 Å². The van der Waals surface area contributed by atoms with Crippen LogP contribution in [0.4, 0.5) is 0 Å². The molecule has 112 valence electrons. The molecule has 0 N–H and O–H groups in total. The first-order chi connectivity index (χ1) is 9.19. The van der Waals surface area contributed by atoms with Gasteiger partial charge in [-0.1, -0.05) is 12.2 Å². The Morgan fingerprint density at radius 3 is 1.55 bits per heavy atom. The zero-order chi connectivity index (χ0) is 15.1. The van der Waals surface area contributed by atoms with Crippen molar-refractivity contribution in [2.24, 2.45) is 11.8 Å². The second kappa shape index (κ2) is 5.20. The van der Waals surface area contributed by atoms with E-state index in [1.807, 2.05) is 32.9 Å². The summed E-state index contributed by atoms with van der Waals surface area (Å²) in [6.07, 6.45) is 2.95. The maximum absolute atomic E-state index is 11.3. The van der Waals surface area contributed by atoms with Crippen molar-refractivity contribution >= 4 is 11.9 Å². The number of carbonyl (C=O) groups excluding carboxylic acids is 2. The molecule has 4 atom stereocenters. The average Bonchev–Trinajstić information content (AvgIpc) is 2.72. The van der Waals surface area contributed by atoms with E-state index in [9.17, 15) is 9.59 Å². The third kappa shape index (κ3) is 3.03. The third-order valence-corrected chi connectivity index (χ3v) is 3.49. The normalized spacial score (nSPS) is 35.1. The third-order valence-electron chi connectivity index (χ3n) is 3.49. The molecular weight excluding hydrogens is 260 g/mol. The number of rotatable bonds is 3. The lowest BCUT2D eigenvalue weighted by atomic mass is 10.0. The van der Waals surface area contributed by atoms with E-state index in [0.717, 1.165) is 0 Å². The summed E-state index contributed by atoms with van der Waals surface area (Å²) in [6, 6.07) is 0. The van der Waals surface area contributed by atoms with E-state index >= 15 is 0 Å². The number of fused-ring (bicyclic) bond motifs is 2. The van der Waals surface area contributed by atoms with E-state index in [1.165, 1.54) is 13.8 Å². The van der Waals surface area contributed by atoms with E-state index in [4.69, 9.17) is 14.2 Å². The molecule has 0 spiro atoms. The summed E-state index contributed by atoms with van der Waals surface area (Å²) < 4.78 is 16.8. The first kappa shape index (κ1) is 15.0. The fourth-order valence-electron chi connectivity index (χ4n) is 3.00. The van der Waals surface area contributed by atoms with Crippen LogP contribution in [0.3, 0.4) is 0 Å². The molecule has 5 heteroatoms. The Morgan fingerprint density at radius 1 is 0.850 bits per heavy atom. The molecule has 0 aromatic carbocycles. The van der Waals surface area contributed by atoms with Gasteiger partial charge in [0.2, 0.25) is 0 Å². The highest BCUT2D eigenvalue weighted by atomic mass is 16.6. The zero-order valence-electron chi connectivity index (χ0n) is 12.6. The maximum atomic E-state index is 11.3. The molecule has 0 aromatic heterocycles. The Labute approximate surface area is 119 Å². The smallest absolute Gasteiger partial charge is 0.303 e. The molecule has 2 bridgehead atoms. The summed E-state index contributed by atoms with van der Waals surface area (Å²) in [6.45, 7) is 8.66. The highest BCUT2D eigenvalue weighted by Gasteiger charge is 2.57. The van der Waals surface area contributed by atoms with Crippen LogP contribution in [0.2, 0.25) is 0 Å². The summed E-state index contributed by atoms with van der Waals surface area (Å²) in [7, 11) is 0. The number of hydrogen-bond acceptors (Lipinski definition) is 5. The van der Waals surface area contributed by atoms with Crippen LogP contribution in [0.15, 0.2) is 12.2 Å². The SMILES string of the molecule is CC(=O)OC1C2C=CC(C2OC(C)(C)C)C1OC(C)=O. The van der Waals surface area contributed by atoms with Gasteiger partial charge in [0.05, 0.1) is 11.7 Å². The van der Waals surface area contributed by atoms with Crippen molar-refractivity contribution in [3.8, 4) is 0 Å². The van der Waals surface area contributed by atoms with Crippen molar-refractivity contribution in [3.05, 3.63) is 12.2 Å². The predicted molar refractivity (Wildman–Crippen MR) is 71.9 cm³/mol. The van der Waals surface area contributed by atoms with E-state index in [-0.39, 0.29) is 35.5 Å². The van der Waals surface area contributed by atoms with Crippen molar-refractivity contribution in [2.75, 3.05) is 0 Å². The predicted octanol–water partition coefficient (Wildman–Crippen LogP) is 1.85. The summed E-state index contributed by atoms with van der Waals surface area (Å²) in [4.78, 5) is 22.5. The number of hydrogen-bond donors (Lipinski definition) is 0. The molecular formula is C15H22O5. The summed E-state index contributed by atoms with van der Waals surface area (Å²) in [5.74, 6) is -0.870. The van der Waals surface area contributed by atoms with Crippen molar-refractivity contribution in [2.45, 2.75) is 58.5 Å². The van der Waals surface area contributed by atoms with Gasteiger partial charge in [-0.15, -0.1) is 0 Å². The molecule has 5 nitrogen and oxygen atoms in total. The Balaban J connectivity index is 2.20. The lowest BCUT2D eigenvalue weighted by molar-refractivity contribution is -0.166. The Bertz CT molecular complexity index is 402. The second-order valence-corrected chi connectivity index (χ2v) is 6.38. The van der Waals surface area contributed by atoms with Crippen molar-refractivity contribution in [1.82, 2.24) is 0 Å². The highest BCUT2D eigenvalue weighted by Crippen LogP contribution is 2.46. The maximum Gasteiger partial charge on any atom is 0.303 e. The quantitative estimate of drug-likeness (QED) is 0.584.